The fourth-order valence-corrected chi connectivity index (χ4v) is 2.97. The molecule has 1 fully saturated rings. The maximum absolute atomic E-state index is 5.07. The molecule has 102 valence electrons. The van der Waals surface area contributed by atoms with E-state index in [1.807, 2.05) is 6.07 Å². The zero-order chi connectivity index (χ0) is 13.0. The lowest BCUT2D eigenvalue weighted by atomic mass is 9.70. The Balaban J connectivity index is 1.65. The Morgan fingerprint density at radius 3 is 2.56 bits per heavy atom. The topological polar surface area (TPSA) is 38.1 Å². The van der Waals surface area contributed by atoms with Gasteiger partial charge in [0.15, 0.2) is 0 Å². The average molecular weight is 250 g/mol. The Morgan fingerprint density at radius 2 is 2.00 bits per heavy atom. The number of hydrogen-bond donors (Lipinski definition) is 1. The maximum Gasteiger partial charge on any atom is 0.150 e. The van der Waals surface area contributed by atoms with Gasteiger partial charge in [0.25, 0.3) is 0 Å². The standard InChI is InChI=1S/C15H26N2O/c1-15(2,3)13-6-4-12(5-7-13)10-16-11-14-8-9-17-18-14/h8-9,12-13,16H,4-7,10-11H2,1-3H3. The monoisotopic (exact) mass is 250 g/mol. The third-order valence-corrected chi connectivity index (χ3v) is 4.29. The number of nitrogens with one attached hydrogen (secondary N) is 1. The molecule has 0 atom stereocenters. The molecule has 0 amide bonds. The van der Waals surface area contributed by atoms with Crippen molar-refractivity contribution in [1.29, 1.82) is 0 Å². The van der Waals surface area contributed by atoms with Gasteiger partial charge in [0, 0.05) is 6.07 Å². The van der Waals surface area contributed by atoms with E-state index < -0.39 is 0 Å². The Labute approximate surface area is 110 Å². The Kier molecular flexibility index (Phi) is 4.44. The Morgan fingerprint density at radius 1 is 1.28 bits per heavy atom. The van der Waals surface area contributed by atoms with E-state index in [0.717, 1.165) is 30.7 Å². The number of rotatable bonds is 4. The van der Waals surface area contributed by atoms with Gasteiger partial charge < -0.3 is 9.84 Å². The van der Waals surface area contributed by atoms with Gasteiger partial charge in [0.2, 0.25) is 0 Å². The minimum atomic E-state index is 0.484. The van der Waals surface area contributed by atoms with Gasteiger partial charge in [-0.3, -0.25) is 0 Å². The first-order valence-electron chi connectivity index (χ1n) is 7.16. The van der Waals surface area contributed by atoms with Gasteiger partial charge in [0.05, 0.1) is 12.7 Å². The second-order valence-electron chi connectivity index (χ2n) is 6.69. The molecular weight excluding hydrogens is 224 g/mol. The van der Waals surface area contributed by atoms with E-state index in [1.54, 1.807) is 6.20 Å². The summed E-state index contributed by atoms with van der Waals surface area (Å²) in [6, 6.07) is 1.92. The molecule has 1 aliphatic rings. The van der Waals surface area contributed by atoms with Crippen LogP contribution in [0.2, 0.25) is 0 Å². The van der Waals surface area contributed by atoms with Crippen LogP contribution in [0.15, 0.2) is 16.8 Å². The van der Waals surface area contributed by atoms with Crippen LogP contribution >= 0.6 is 0 Å². The molecule has 0 radical (unpaired) electrons. The first kappa shape index (κ1) is 13.6. The molecule has 1 heterocycles. The molecule has 1 aromatic rings. The van der Waals surface area contributed by atoms with Gasteiger partial charge >= 0.3 is 0 Å². The molecule has 0 spiro atoms. The summed E-state index contributed by atoms with van der Waals surface area (Å²) in [5, 5.41) is 7.19. The van der Waals surface area contributed by atoms with Crippen molar-refractivity contribution in [3.05, 3.63) is 18.0 Å². The van der Waals surface area contributed by atoms with Crippen molar-refractivity contribution < 1.29 is 4.52 Å². The lowest BCUT2D eigenvalue weighted by Crippen LogP contribution is -2.30. The van der Waals surface area contributed by atoms with Crippen LogP contribution in [0.25, 0.3) is 0 Å². The van der Waals surface area contributed by atoms with E-state index in [4.69, 9.17) is 4.52 Å². The third kappa shape index (κ3) is 3.84. The second-order valence-corrected chi connectivity index (χ2v) is 6.69. The molecule has 3 nitrogen and oxygen atoms in total. The van der Waals surface area contributed by atoms with E-state index in [0.29, 0.717) is 5.41 Å². The Bertz CT molecular complexity index is 332. The van der Waals surface area contributed by atoms with Gasteiger partial charge in [-0.1, -0.05) is 25.9 Å². The summed E-state index contributed by atoms with van der Waals surface area (Å²) < 4.78 is 5.07. The fourth-order valence-electron chi connectivity index (χ4n) is 2.97. The summed E-state index contributed by atoms with van der Waals surface area (Å²) in [6.07, 6.45) is 7.21. The molecular formula is C15H26N2O. The largest absolute Gasteiger partial charge is 0.360 e. The molecule has 1 saturated carbocycles. The summed E-state index contributed by atoms with van der Waals surface area (Å²) >= 11 is 0. The zero-order valence-corrected chi connectivity index (χ0v) is 11.9. The highest BCUT2D eigenvalue weighted by Crippen LogP contribution is 2.39. The molecule has 18 heavy (non-hydrogen) atoms. The van der Waals surface area contributed by atoms with E-state index in [2.05, 4.69) is 31.2 Å². The van der Waals surface area contributed by atoms with E-state index >= 15 is 0 Å². The number of aromatic nitrogens is 1. The summed E-state index contributed by atoms with van der Waals surface area (Å²) in [7, 11) is 0. The minimum absolute atomic E-state index is 0.484. The van der Waals surface area contributed by atoms with Gasteiger partial charge in [-0.05, 0) is 49.5 Å². The van der Waals surface area contributed by atoms with Crippen molar-refractivity contribution in [1.82, 2.24) is 10.5 Å². The maximum atomic E-state index is 5.07. The quantitative estimate of drug-likeness (QED) is 0.887. The van der Waals surface area contributed by atoms with Crippen LogP contribution in [0.3, 0.4) is 0 Å². The van der Waals surface area contributed by atoms with Gasteiger partial charge in [-0.25, -0.2) is 0 Å². The van der Waals surface area contributed by atoms with Crippen LogP contribution in [0, 0.1) is 17.3 Å². The predicted octanol–water partition coefficient (Wildman–Crippen LogP) is 3.62. The molecule has 1 aromatic heterocycles. The van der Waals surface area contributed by atoms with Crippen molar-refractivity contribution in [3.63, 3.8) is 0 Å². The first-order chi connectivity index (χ1) is 8.55. The van der Waals surface area contributed by atoms with E-state index in [9.17, 15) is 0 Å². The summed E-state index contributed by atoms with van der Waals surface area (Å²) in [5.74, 6) is 2.67. The smallest absolute Gasteiger partial charge is 0.150 e. The van der Waals surface area contributed by atoms with Crippen molar-refractivity contribution in [2.75, 3.05) is 6.54 Å². The van der Waals surface area contributed by atoms with Crippen LogP contribution in [0.1, 0.15) is 52.2 Å². The molecule has 0 unspecified atom stereocenters. The van der Waals surface area contributed by atoms with Crippen LogP contribution in [-0.4, -0.2) is 11.7 Å². The summed E-state index contributed by atoms with van der Waals surface area (Å²) in [5.41, 5.74) is 0.484. The summed E-state index contributed by atoms with van der Waals surface area (Å²) in [6.45, 7) is 9.04. The molecule has 1 aliphatic carbocycles. The molecule has 3 heteroatoms. The number of nitrogens with zero attached hydrogens (tertiary/aromatic N) is 1. The molecule has 1 N–H and O–H groups in total. The normalized spacial score (nSPS) is 25.3. The third-order valence-electron chi connectivity index (χ3n) is 4.29. The Hall–Kier alpha value is -0.830. The average Bonchev–Trinajstić information content (AvgIpc) is 2.82. The summed E-state index contributed by atoms with van der Waals surface area (Å²) in [4.78, 5) is 0. The highest BCUT2D eigenvalue weighted by Gasteiger charge is 2.29. The number of hydrogen-bond acceptors (Lipinski definition) is 3. The molecule has 0 saturated heterocycles. The molecule has 0 aromatic carbocycles. The molecule has 0 bridgehead atoms. The van der Waals surface area contributed by atoms with Crippen LogP contribution in [0.4, 0.5) is 0 Å². The lowest BCUT2D eigenvalue weighted by molar-refractivity contribution is 0.148. The van der Waals surface area contributed by atoms with Gasteiger partial charge in [-0.2, -0.15) is 0 Å². The van der Waals surface area contributed by atoms with Gasteiger partial charge in [-0.15, -0.1) is 0 Å². The SMILES string of the molecule is CC(C)(C)C1CCC(CNCc2ccno2)CC1. The zero-order valence-electron chi connectivity index (χ0n) is 11.9. The first-order valence-corrected chi connectivity index (χ1v) is 7.16. The van der Waals surface area contributed by atoms with E-state index in [1.165, 1.54) is 25.7 Å². The molecule has 2 rings (SSSR count). The van der Waals surface area contributed by atoms with Crippen LogP contribution in [0.5, 0.6) is 0 Å². The van der Waals surface area contributed by atoms with Crippen molar-refractivity contribution in [2.24, 2.45) is 17.3 Å². The van der Waals surface area contributed by atoms with Gasteiger partial charge in [0.1, 0.15) is 5.76 Å². The van der Waals surface area contributed by atoms with Crippen LogP contribution < -0.4 is 5.32 Å². The van der Waals surface area contributed by atoms with Crippen LogP contribution in [-0.2, 0) is 6.54 Å². The fraction of sp³-hybridized carbons (Fsp3) is 0.800. The van der Waals surface area contributed by atoms with E-state index in [-0.39, 0.29) is 0 Å². The lowest BCUT2D eigenvalue weighted by Gasteiger charge is -2.37. The molecule has 0 aliphatic heterocycles. The highest BCUT2D eigenvalue weighted by molar-refractivity contribution is 4.92. The predicted molar refractivity (Wildman–Crippen MR) is 73.1 cm³/mol. The van der Waals surface area contributed by atoms with Crippen molar-refractivity contribution >= 4 is 0 Å². The minimum Gasteiger partial charge on any atom is -0.360 e. The van der Waals surface area contributed by atoms with Crippen molar-refractivity contribution in [3.8, 4) is 0 Å². The highest BCUT2D eigenvalue weighted by atomic mass is 16.5. The second kappa shape index (κ2) is 5.87. The van der Waals surface area contributed by atoms with Crippen molar-refractivity contribution in [2.45, 2.75) is 53.0 Å².